The van der Waals surface area contributed by atoms with E-state index in [0.717, 1.165) is 9.13 Å². The fourth-order valence-electron chi connectivity index (χ4n) is 4.45. The number of pyridine rings is 4. The molecule has 4 aromatic rings. The molecule has 0 radical (unpaired) electrons. The summed E-state index contributed by atoms with van der Waals surface area (Å²) in [6.45, 7) is -0.153. The molecule has 212 valence electrons. The number of aliphatic hydroxyl groups is 1. The summed E-state index contributed by atoms with van der Waals surface area (Å²) < 4.78 is 67.8. The second kappa shape index (κ2) is 11.0. The lowest BCUT2D eigenvalue weighted by molar-refractivity contribution is 0.0767. The molecule has 0 saturated heterocycles. The lowest BCUT2D eigenvalue weighted by atomic mass is 10.0. The molecule has 0 unspecified atom stereocenters. The minimum absolute atomic E-state index is 0.0107. The quantitative estimate of drug-likeness (QED) is 0.353. The maximum Gasteiger partial charge on any atom is 0.278 e. The molecule has 0 bridgehead atoms. The van der Waals surface area contributed by atoms with Gasteiger partial charge < -0.3 is 9.84 Å². The third-order valence-electron chi connectivity index (χ3n) is 6.42. The van der Waals surface area contributed by atoms with Crippen LogP contribution in [0.25, 0.3) is 17.6 Å². The first-order valence-corrected chi connectivity index (χ1v) is 12.8. The van der Waals surface area contributed by atoms with Crippen molar-refractivity contribution in [3.05, 3.63) is 115 Å². The topological polar surface area (TPSA) is 99.2 Å². The molecule has 12 heteroatoms. The molecule has 4 aromatic heterocycles. The van der Waals surface area contributed by atoms with E-state index >= 15 is 4.39 Å². The van der Waals surface area contributed by atoms with Crippen molar-refractivity contribution in [1.82, 2.24) is 19.1 Å². The Morgan fingerprint density at radius 1 is 1.17 bits per heavy atom. The molecule has 0 spiro atoms. The summed E-state index contributed by atoms with van der Waals surface area (Å²) in [5.74, 6) is -4.29. The molecule has 0 atom stereocenters. The van der Waals surface area contributed by atoms with Gasteiger partial charge in [0.25, 0.3) is 11.1 Å². The monoisotopic (exact) mass is 586 g/mol. The van der Waals surface area contributed by atoms with Crippen LogP contribution in [0.15, 0.2) is 58.5 Å². The van der Waals surface area contributed by atoms with E-state index in [9.17, 15) is 23.5 Å². The Morgan fingerprint density at radius 3 is 2.68 bits per heavy atom. The zero-order valence-electron chi connectivity index (χ0n) is 23.8. The van der Waals surface area contributed by atoms with Gasteiger partial charge in [-0.05, 0) is 45.2 Å². The van der Waals surface area contributed by atoms with Crippen LogP contribution in [0, 0.1) is 17.5 Å². The van der Waals surface area contributed by atoms with E-state index < -0.39 is 63.0 Å². The van der Waals surface area contributed by atoms with Crippen molar-refractivity contribution in [2.45, 2.75) is 45.3 Å². The number of hydrogen-bond donors (Lipinski definition) is 1. The molecule has 0 saturated carbocycles. The average Bonchev–Trinajstić information content (AvgIpc) is 3.00. The predicted molar refractivity (Wildman–Crippen MR) is 146 cm³/mol. The summed E-state index contributed by atoms with van der Waals surface area (Å²) >= 11 is 6.36. The third kappa shape index (κ3) is 5.42. The first kappa shape index (κ1) is 25.7. The van der Waals surface area contributed by atoms with Gasteiger partial charge in [-0.3, -0.25) is 23.7 Å². The summed E-state index contributed by atoms with van der Waals surface area (Å²) in [6.07, 6.45) is 7.71. The van der Waals surface area contributed by atoms with E-state index in [1.807, 2.05) is 0 Å². The molecule has 41 heavy (non-hydrogen) atoms. The Labute approximate surface area is 239 Å². The molecule has 0 amide bonds. The van der Waals surface area contributed by atoms with Crippen LogP contribution in [-0.2, 0) is 18.6 Å². The van der Waals surface area contributed by atoms with Crippen molar-refractivity contribution in [1.29, 1.82) is 0 Å². The number of aryl methyl sites for hydroxylation is 1. The number of halogens is 4. The number of hydrogen-bond acceptors (Lipinski definition) is 6. The zero-order chi connectivity index (χ0) is 31.3. The molecular formula is C29H24ClF3N4O4. The van der Waals surface area contributed by atoms with E-state index in [2.05, 4.69) is 9.97 Å². The molecule has 5 rings (SSSR count). The number of fused-ring (bicyclic) bond motifs is 3. The van der Waals surface area contributed by atoms with Gasteiger partial charge in [0.2, 0.25) is 0 Å². The molecule has 8 nitrogen and oxygen atoms in total. The Morgan fingerprint density at radius 2 is 1.95 bits per heavy atom. The molecule has 1 aliphatic heterocycles. The maximum atomic E-state index is 16.5. The number of ether oxygens (including phenoxy) is 1. The van der Waals surface area contributed by atoms with Crippen LogP contribution in [0.4, 0.5) is 13.2 Å². The van der Waals surface area contributed by atoms with Crippen molar-refractivity contribution in [3.63, 3.8) is 0 Å². The fourth-order valence-corrected chi connectivity index (χ4v) is 4.62. The summed E-state index contributed by atoms with van der Waals surface area (Å²) in [6, 6.07) is 4.53. The maximum absolute atomic E-state index is 16.5. The van der Waals surface area contributed by atoms with E-state index in [4.69, 9.17) is 19.1 Å². The third-order valence-corrected chi connectivity index (χ3v) is 6.77. The first-order valence-electron chi connectivity index (χ1n) is 13.5. The molecule has 0 fully saturated rings. The van der Waals surface area contributed by atoms with Gasteiger partial charge in [0.15, 0.2) is 17.5 Å². The van der Waals surface area contributed by atoms with Crippen LogP contribution in [-0.4, -0.2) is 24.2 Å². The summed E-state index contributed by atoms with van der Waals surface area (Å²) in [5, 5.41) is 9.78. The van der Waals surface area contributed by atoms with E-state index in [0.29, 0.717) is 25.1 Å². The van der Waals surface area contributed by atoms with Gasteiger partial charge in [0, 0.05) is 41.3 Å². The van der Waals surface area contributed by atoms with Crippen LogP contribution >= 0.6 is 11.6 Å². The van der Waals surface area contributed by atoms with Crippen molar-refractivity contribution in [2.24, 2.45) is 0 Å². The Bertz CT molecular complexity index is 1900. The van der Waals surface area contributed by atoms with Crippen LogP contribution in [0.1, 0.15) is 51.9 Å². The minimum Gasteiger partial charge on any atom is -0.485 e. The van der Waals surface area contributed by atoms with Crippen molar-refractivity contribution >= 4 is 17.7 Å². The van der Waals surface area contributed by atoms with Crippen LogP contribution in [0.5, 0.6) is 5.75 Å². The SMILES string of the molecule is [2H]C([2H])(Oc1cc2n(c(=O)c1Cl)-c1c(cnc(-n3cccc(C(C)(C)O)c3=O)c1F)/C=C/CCC2)c1ncc(F)cc1F. The van der Waals surface area contributed by atoms with E-state index in [1.165, 1.54) is 44.4 Å². The first-order chi connectivity index (χ1) is 20.2. The predicted octanol–water partition coefficient (Wildman–Crippen LogP) is 5.01. The number of aromatic nitrogens is 4. The highest BCUT2D eigenvalue weighted by Gasteiger charge is 2.26. The van der Waals surface area contributed by atoms with Crippen LogP contribution in [0.2, 0.25) is 5.02 Å². The van der Waals surface area contributed by atoms with Gasteiger partial charge in [0.1, 0.15) is 28.8 Å². The molecule has 0 aromatic carbocycles. The molecular weight excluding hydrogens is 561 g/mol. The second-order valence-electron chi connectivity index (χ2n) is 9.79. The normalized spacial score (nSPS) is 15.0. The summed E-state index contributed by atoms with van der Waals surface area (Å²) in [5.41, 5.74) is -4.03. The second-order valence-corrected chi connectivity index (χ2v) is 10.2. The summed E-state index contributed by atoms with van der Waals surface area (Å²) in [7, 11) is 0. The van der Waals surface area contributed by atoms with Gasteiger partial charge >= 0.3 is 0 Å². The van der Waals surface area contributed by atoms with E-state index in [1.54, 1.807) is 12.2 Å². The van der Waals surface area contributed by atoms with Crippen LogP contribution < -0.4 is 15.9 Å². The average molecular weight is 587 g/mol. The van der Waals surface area contributed by atoms with Crippen molar-refractivity contribution in [3.8, 4) is 17.3 Å². The number of allylic oxidation sites excluding steroid dienone is 1. The lowest BCUT2D eigenvalue weighted by Crippen LogP contribution is -2.32. The van der Waals surface area contributed by atoms with Crippen LogP contribution in [0.3, 0.4) is 0 Å². The molecule has 1 aliphatic rings. The largest absolute Gasteiger partial charge is 0.485 e. The van der Waals surface area contributed by atoms with Crippen molar-refractivity contribution in [2.75, 3.05) is 0 Å². The standard InChI is InChI=1S/C29H24ClF3N4O4/c1-29(2,40)19-9-6-10-36(27(19)38)26-24(33)25-16(13-35-26)7-4-3-5-8-18-12-22(23(30)28(39)37(18)25)41-15-21-20(32)11-17(31)14-34-21/h4,6-7,9-14,40H,3,5,8,15H2,1-2H3/b7-4+/i15D2. The van der Waals surface area contributed by atoms with Gasteiger partial charge in [0.05, 0.1) is 20.2 Å². The highest BCUT2D eigenvalue weighted by molar-refractivity contribution is 6.31. The van der Waals surface area contributed by atoms with Crippen molar-refractivity contribution < 1.29 is 25.8 Å². The lowest BCUT2D eigenvalue weighted by Gasteiger charge is -2.20. The van der Waals surface area contributed by atoms with Gasteiger partial charge in [-0.1, -0.05) is 23.8 Å². The highest BCUT2D eigenvalue weighted by atomic mass is 35.5. The molecule has 0 aliphatic carbocycles. The summed E-state index contributed by atoms with van der Waals surface area (Å²) in [4.78, 5) is 34.5. The molecule has 5 heterocycles. The minimum atomic E-state index is -2.97. The van der Waals surface area contributed by atoms with E-state index in [-0.39, 0.29) is 28.9 Å². The Balaban J connectivity index is 1.71. The fraction of sp³-hybridized carbons (Fsp3) is 0.241. The Kier molecular flexibility index (Phi) is 6.89. The smallest absolute Gasteiger partial charge is 0.278 e. The molecule has 1 N–H and O–H groups in total. The number of nitrogens with zero attached hydrogens (tertiary/aromatic N) is 4. The Hall–Kier alpha value is -4.22. The number of rotatable bonds is 5. The van der Waals surface area contributed by atoms with Gasteiger partial charge in [-0.15, -0.1) is 0 Å². The van der Waals surface area contributed by atoms with Gasteiger partial charge in [-0.2, -0.15) is 0 Å². The van der Waals surface area contributed by atoms with Gasteiger partial charge in [-0.25, -0.2) is 18.2 Å². The zero-order valence-corrected chi connectivity index (χ0v) is 22.5. The highest BCUT2D eigenvalue weighted by Crippen LogP contribution is 2.31.